The molecule has 0 saturated carbocycles. The van der Waals surface area contributed by atoms with E-state index >= 15 is 0 Å². The van der Waals surface area contributed by atoms with E-state index in [0.717, 1.165) is 31.2 Å². The fraction of sp³-hybridized carbons (Fsp3) is 0.632. The first-order chi connectivity index (χ1) is 11.2. The lowest BCUT2D eigenvalue weighted by atomic mass is 9.90. The van der Waals surface area contributed by atoms with Gasteiger partial charge < -0.3 is 20.7 Å². The minimum absolute atomic E-state index is 0. The fourth-order valence-corrected chi connectivity index (χ4v) is 2.91. The molecule has 0 aliphatic carbocycles. The van der Waals surface area contributed by atoms with Crippen LogP contribution in [0.1, 0.15) is 52.6 Å². The van der Waals surface area contributed by atoms with Crippen molar-refractivity contribution in [2.45, 2.75) is 58.2 Å². The predicted molar refractivity (Wildman–Crippen MR) is 116 cm³/mol. The summed E-state index contributed by atoms with van der Waals surface area (Å²) in [5.41, 5.74) is 1.12. The van der Waals surface area contributed by atoms with Crippen molar-refractivity contribution >= 4 is 29.9 Å². The van der Waals surface area contributed by atoms with Crippen LogP contribution in [0.15, 0.2) is 29.3 Å². The van der Waals surface area contributed by atoms with Crippen LogP contribution in [0.5, 0.6) is 5.75 Å². The molecule has 0 aromatic heterocycles. The van der Waals surface area contributed by atoms with Crippen LogP contribution < -0.4 is 20.7 Å². The number of para-hydroxylation sites is 1. The van der Waals surface area contributed by atoms with Crippen molar-refractivity contribution in [2.24, 2.45) is 4.99 Å². The number of halogens is 1. The van der Waals surface area contributed by atoms with Gasteiger partial charge in [0, 0.05) is 37.7 Å². The molecule has 1 aliphatic heterocycles. The molecule has 1 aliphatic rings. The summed E-state index contributed by atoms with van der Waals surface area (Å²) in [6, 6.07) is 8.42. The van der Waals surface area contributed by atoms with Gasteiger partial charge >= 0.3 is 0 Å². The van der Waals surface area contributed by atoms with Crippen LogP contribution in [0.25, 0.3) is 0 Å². The zero-order valence-corrected chi connectivity index (χ0v) is 18.6. The number of rotatable bonds is 4. The van der Waals surface area contributed by atoms with Gasteiger partial charge in [-0.05, 0) is 40.7 Å². The van der Waals surface area contributed by atoms with Gasteiger partial charge in [0.25, 0.3) is 0 Å². The molecule has 0 saturated heterocycles. The van der Waals surface area contributed by atoms with E-state index in [-0.39, 0.29) is 41.2 Å². The average Bonchev–Trinajstić information content (AvgIpc) is 2.48. The van der Waals surface area contributed by atoms with Gasteiger partial charge in [0.2, 0.25) is 0 Å². The van der Waals surface area contributed by atoms with Gasteiger partial charge in [-0.3, -0.25) is 4.99 Å². The molecule has 0 fully saturated rings. The number of hydrogen-bond donors (Lipinski definition) is 3. The van der Waals surface area contributed by atoms with Crippen molar-refractivity contribution < 1.29 is 4.74 Å². The normalized spacial score (nSPS) is 19.3. The number of nitrogens with zero attached hydrogens (tertiary/aromatic N) is 1. The first-order valence-electron chi connectivity index (χ1n) is 8.70. The second-order valence-corrected chi connectivity index (χ2v) is 7.98. The first-order valence-corrected chi connectivity index (χ1v) is 8.70. The van der Waals surface area contributed by atoms with Crippen LogP contribution in [0.2, 0.25) is 0 Å². The van der Waals surface area contributed by atoms with Gasteiger partial charge in [-0.25, -0.2) is 0 Å². The fourth-order valence-electron chi connectivity index (χ4n) is 2.91. The molecule has 0 spiro atoms. The standard InChI is InChI=1S/C19H32N4O.HI/c1-18(2,3)22-12-11-21-17(20-6)23-15-13-19(4,5)24-16-10-8-7-9-14(15)16;/h7-10,15,22H,11-13H2,1-6H3,(H2,20,21,23);1H. The number of guanidine groups is 1. The minimum Gasteiger partial charge on any atom is -0.487 e. The SMILES string of the molecule is CN=C(NCCNC(C)(C)C)NC1CC(C)(C)Oc2ccccc21.I. The summed E-state index contributed by atoms with van der Waals surface area (Å²) in [4.78, 5) is 4.36. The van der Waals surface area contributed by atoms with Gasteiger partial charge in [-0.1, -0.05) is 18.2 Å². The van der Waals surface area contributed by atoms with Crippen molar-refractivity contribution in [1.82, 2.24) is 16.0 Å². The maximum absolute atomic E-state index is 6.09. The Balaban J connectivity index is 0.00000312. The maximum Gasteiger partial charge on any atom is 0.191 e. The topological polar surface area (TPSA) is 57.7 Å². The zero-order chi connectivity index (χ0) is 17.8. The van der Waals surface area contributed by atoms with Crippen molar-refractivity contribution in [3.8, 4) is 5.75 Å². The third-order valence-electron chi connectivity index (χ3n) is 3.98. The summed E-state index contributed by atoms with van der Waals surface area (Å²) in [5, 5.41) is 10.4. The van der Waals surface area contributed by atoms with Crippen LogP contribution in [-0.4, -0.2) is 37.2 Å². The van der Waals surface area contributed by atoms with Crippen LogP contribution in [0, 0.1) is 0 Å². The molecule has 0 amide bonds. The first kappa shape index (κ1) is 22.0. The molecular weight excluding hydrogens is 427 g/mol. The van der Waals surface area contributed by atoms with Crippen molar-refractivity contribution in [1.29, 1.82) is 0 Å². The van der Waals surface area contributed by atoms with Gasteiger partial charge in [-0.15, -0.1) is 24.0 Å². The molecule has 6 heteroatoms. The van der Waals surface area contributed by atoms with E-state index in [1.807, 2.05) is 19.2 Å². The number of hydrogen-bond acceptors (Lipinski definition) is 3. The Morgan fingerprint density at radius 2 is 1.92 bits per heavy atom. The monoisotopic (exact) mass is 460 g/mol. The molecule has 3 N–H and O–H groups in total. The highest BCUT2D eigenvalue weighted by Crippen LogP contribution is 2.39. The van der Waals surface area contributed by atoms with Gasteiger partial charge in [0.1, 0.15) is 11.4 Å². The number of benzene rings is 1. The largest absolute Gasteiger partial charge is 0.487 e. The molecule has 1 aromatic rings. The van der Waals surface area contributed by atoms with Crippen molar-refractivity contribution in [3.05, 3.63) is 29.8 Å². The summed E-state index contributed by atoms with van der Waals surface area (Å²) in [6.45, 7) is 12.5. The highest BCUT2D eigenvalue weighted by atomic mass is 127. The van der Waals surface area contributed by atoms with Crippen molar-refractivity contribution in [2.75, 3.05) is 20.1 Å². The predicted octanol–water partition coefficient (Wildman–Crippen LogP) is 3.46. The van der Waals surface area contributed by atoms with Crippen LogP contribution in [-0.2, 0) is 0 Å². The maximum atomic E-state index is 6.09. The van der Waals surface area contributed by atoms with E-state index < -0.39 is 0 Å². The molecular formula is C19H33IN4O. The quantitative estimate of drug-likeness (QED) is 0.279. The van der Waals surface area contributed by atoms with E-state index in [4.69, 9.17) is 4.74 Å². The summed E-state index contributed by atoms with van der Waals surface area (Å²) >= 11 is 0. The third-order valence-corrected chi connectivity index (χ3v) is 3.98. The van der Waals surface area contributed by atoms with Gasteiger partial charge in [0.15, 0.2) is 5.96 Å². The van der Waals surface area contributed by atoms with E-state index in [1.165, 1.54) is 5.56 Å². The Hall–Kier alpha value is -1.02. The van der Waals surface area contributed by atoms with E-state index in [9.17, 15) is 0 Å². The smallest absolute Gasteiger partial charge is 0.191 e. The summed E-state index contributed by atoms with van der Waals surface area (Å²) < 4.78 is 6.09. The van der Waals surface area contributed by atoms with Crippen LogP contribution in [0.3, 0.4) is 0 Å². The van der Waals surface area contributed by atoms with Crippen LogP contribution >= 0.6 is 24.0 Å². The second-order valence-electron chi connectivity index (χ2n) is 7.98. The third kappa shape index (κ3) is 7.01. The van der Waals surface area contributed by atoms with E-state index in [2.05, 4.69) is 67.7 Å². The summed E-state index contributed by atoms with van der Waals surface area (Å²) in [5.74, 6) is 1.78. The Kier molecular flexibility index (Phi) is 7.99. The highest BCUT2D eigenvalue weighted by Gasteiger charge is 2.33. The lowest BCUT2D eigenvalue weighted by molar-refractivity contribution is 0.0694. The van der Waals surface area contributed by atoms with Gasteiger partial charge in [-0.2, -0.15) is 0 Å². The molecule has 1 atom stereocenters. The summed E-state index contributed by atoms with van der Waals surface area (Å²) in [6.07, 6.45) is 0.894. The molecule has 0 bridgehead atoms. The Morgan fingerprint density at radius 1 is 1.24 bits per heavy atom. The zero-order valence-electron chi connectivity index (χ0n) is 16.3. The highest BCUT2D eigenvalue weighted by molar-refractivity contribution is 14.0. The lowest BCUT2D eigenvalue weighted by Crippen LogP contribution is -2.47. The van der Waals surface area contributed by atoms with E-state index in [0.29, 0.717) is 0 Å². The van der Waals surface area contributed by atoms with Crippen LogP contribution in [0.4, 0.5) is 0 Å². The molecule has 25 heavy (non-hydrogen) atoms. The molecule has 0 radical (unpaired) electrons. The minimum atomic E-state index is -0.196. The molecule has 1 unspecified atom stereocenters. The Morgan fingerprint density at radius 3 is 2.56 bits per heavy atom. The molecule has 142 valence electrons. The van der Waals surface area contributed by atoms with Crippen molar-refractivity contribution in [3.63, 3.8) is 0 Å². The molecule has 2 rings (SSSR count). The number of ether oxygens (including phenoxy) is 1. The van der Waals surface area contributed by atoms with E-state index in [1.54, 1.807) is 0 Å². The summed E-state index contributed by atoms with van der Waals surface area (Å²) in [7, 11) is 1.81. The molecule has 1 aromatic carbocycles. The lowest BCUT2D eigenvalue weighted by Gasteiger charge is -2.38. The molecule has 1 heterocycles. The number of aliphatic imine (C=N–C) groups is 1. The average molecular weight is 460 g/mol. The number of fused-ring (bicyclic) bond motifs is 1. The van der Waals surface area contributed by atoms with Gasteiger partial charge in [0.05, 0.1) is 6.04 Å². The Labute approximate surface area is 169 Å². The Bertz CT molecular complexity index is 581. The second kappa shape index (κ2) is 9.07. The molecule has 5 nitrogen and oxygen atoms in total. The number of nitrogens with one attached hydrogen (secondary N) is 3.